The van der Waals surface area contributed by atoms with Crippen LogP contribution in [0.15, 0.2) is 6.20 Å². The Balaban J connectivity index is 1.74. The molecule has 1 N–H and O–H groups in total. The molecule has 0 aromatic carbocycles. The van der Waals surface area contributed by atoms with Crippen molar-refractivity contribution in [3.8, 4) is 0 Å². The highest BCUT2D eigenvalue weighted by molar-refractivity contribution is 5.92. The zero-order chi connectivity index (χ0) is 14.8. The number of nitrogens with one attached hydrogen (secondary N) is 1. The van der Waals surface area contributed by atoms with Gasteiger partial charge in [0.05, 0.1) is 12.2 Å². The van der Waals surface area contributed by atoms with E-state index < -0.39 is 0 Å². The van der Waals surface area contributed by atoms with Gasteiger partial charge >= 0.3 is 0 Å². The van der Waals surface area contributed by atoms with E-state index in [-0.39, 0.29) is 5.91 Å². The average molecular weight is 291 g/mol. The SMILES string of the molecule is C[C@@H]1CCC[C@H](C)N1C(=O)c1cn(C2CCNCC2)nn1. The number of hydrogen-bond acceptors (Lipinski definition) is 4. The van der Waals surface area contributed by atoms with Crippen LogP contribution in [0.3, 0.4) is 0 Å². The molecule has 21 heavy (non-hydrogen) atoms. The Labute approximate surface area is 125 Å². The van der Waals surface area contributed by atoms with Gasteiger partial charge in [-0.1, -0.05) is 5.21 Å². The normalized spacial score (nSPS) is 27.8. The predicted octanol–water partition coefficient (Wildman–Crippen LogP) is 1.61. The van der Waals surface area contributed by atoms with Crippen molar-refractivity contribution < 1.29 is 4.79 Å². The summed E-state index contributed by atoms with van der Waals surface area (Å²) in [5.41, 5.74) is 0.495. The highest BCUT2D eigenvalue weighted by Gasteiger charge is 2.31. The molecule has 1 amide bonds. The fourth-order valence-electron chi connectivity index (χ4n) is 3.58. The molecular weight excluding hydrogens is 266 g/mol. The minimum absolute atomic E-state index is 0.0369. The van der Waals surface area contributed by atoms with Gasteiger partial charge < -0.3 is 10.2 Å². The summed E-state index contributed by atoms with van der Waals surface area (Å²) in [7, 11) is 0. The van der Waals surface area contributed by atoms with Crippen LogP contribution in [-0.4, -0.2) is 51.0 Å². The second-order valence-corrected chi connectivity index (χ2v) is 6.41. The molecule has 1 aromatic rings. The first kappa shape index (κ1) is 14.5. The van der Waals surface area contributed by atoms with Crippen molar-refractivity contribution in [2.75, 3.05) is 13.1 Å². The molecule has 0 saturated carbocycles. The lowest BCUT2D eigenvalue weighted by Crippen LogP contribution is -2.47. The molecule has 2 fully saturated rings. The fraction of sp³-hybridized carbons (Fsp3) is 0.800. The number of aromatic nitrogens is 3. The first-order valence-electron chi connectivity index (χ1n) is 8.12. The second kappa shape index (κ2) is 6.13. The molecule has 6 nitrogen and oxygen atoms in total. The van der Waals surface area contributed by atoms with Gasteiger partial charge in [-0.3, -0.25) is 4.79 Å². The minimum atomic E-state index is 0.0369. The Bertz CT molecular complexity index is 484. The number of carbonyl (C=O) groups is 1. The maximum Gasteiger partial charge on any atom is 0.276 e. The largest absolute Gasteiger partial charge is 0.332 e. The summed E-state index contributed by atoms with van der Waals surface area (Å²) in [4.78, 5) is 14.7. The van der Waals surface area contributed by atoms with Crippen molar-refractivity contribution in [1.82, 2.24) is 25.2 Å². The van der Waals surface area contributed by atoms with Crippen molar-refractivity contribution in [2.24, 2.45) is 0 Å². The summed E-state index contributed by atoms with van der Waals surface area (Å²) in [5.74, 6) is 0.0369. The maximum absolute atomic E-state index is 12.7. The van der Waals surface area contributed by atoms with Crippen molar-refractivity contribution in [2.45, 2.75) is 64.1 Å². The van der Waals surface area contributed by atoms with Crippen molar-refractivity contribution in [3.63, 3.8) is 0 Å². The topological polar surface area (TPSA) is 63.1 Å². The fourth-order valence-corrected chi connectivity index (χ4v) is 3.58. The lowest BCUT2D eigenvalue weighted by molar-refractivity contribution is 0.0504. The number of carbonyl (C=O) groups excluding carboxylic acids is 1. The van der Waals surface area contributed by atoms with E-state index in [1.807, 2.05) is 15.8 Å². The first-order chi connectivity index (χ1) is 10.2. The average Bonchev–Trinajstić information content (AvgIpc) is 2.97. The predicted molar refractivity (Wildman–Crippen MR) is 80.1 cm³/mol. The second-order valence-electron chi connectivity index (χ2n) is 6.41. The number of likely N-dealkylation sites (tertiary alicyclic amines) is 1. The zero-order valence-corrected chi connectivity index (χ0v) is 13.0. The number of amides is 1. The molecule has 0 radical (unpaired) electrons. The lowest BCUT2D eigenvalue weighted by atomic mass is 9.97. The van der Waals surface area contributed by atoms with E-state index >= 15 is 0 Å². The van der Waals surface area contributed by atoms with Crippen LogP contribution in [-0.2, 0) is 0 Å². The molecule has 2 saturated heterocycles. The molecule has 0 unspecified atom stereocenters. The summed E-state index contributed by atoms with van der Waals surface area (Å²) in [5, 5.41) is 11.7. The molecule has 116 valence electrons. The van der Waals surface area contributed by atoms with Crippen LogP contribution in [0.25, 0.3) is 0 Å². The first-order valence-corrected chi connectivity index (χ1v) is 8.12. The van der Waals surface area contributed by atoms with Gasteiger partial charge in [0.15, 0.2) is 5.69 Å². The van der Waals surface area contributed by atoms with Crippen LogP contribution in [0, 0.1) is 0 Å². The van der Waals surface area contributed by atoms with Gasteiger partial charge in [-0.25, -0.2) is 4.68 Å². The van der Waals surface area contributed by atoms with Gasteiger partial charge in [0, 0.05) is 12.1 Å². The third kappa shape index (κ3) is 2.95. The van der Waals surface area contributed by atoms with E-state index in [1.165, 1.54) is 6.42 Å². The molecule has 0 bridgehead atoms. The Morgan fingerprint density at radius 3 is 2.52 bits per heavy atom. The third-order valence-corrected chi connectivity index (χ3v) is 4.84. The van der Waals surface area contributed by atoms with Crippen LogP contribution in [0.1, 0.15) is 62.5 Å². The molecule has 0 aliphatic carbocycles. The summed E-state index contributed by atoms with van der Waals surface area (Å²) in [6.07, 6.45) is 7.30. The molecule has 2 atom stereocenters. The molecule has 3 heterocycles. The Morgan fingerprint density at radius 2 is 1.86 bits per heavy atom. The van der Waals surface area contributed by atoms with Crippen molar-refractivity contribution >= 4 is 5.91 Å². The summed E-state index contributed by atoms with van der Waals surface area (Å²) < 4.78 is 1.88. The molecule has 0 spiro atoms. The summed E-state index contributed by atoms with van der Waals surface area (Å²) in [6.45, 7) is 6.28. The van der Waals surface area contributed by atoms with E-state index in [2.05, 4.69) is 29.5 Å². The molecule has 3 rings (SSSR count). The van der Waals surface area contributed by atoms with Gasteiger partial charge in [-0.2, -0.15) is 0 Å². The third-order valence-electron chi connectivity index (χ3n) is 4.84. The van der Waals surface area contributed by atoms with Crippen LogP contribution in [0.5, 0.6) is 0 Å². The van der Waals surface area contributed by atoms with E-state index in [0.717, 1.165) is 38.8 Å². The molecule has 2 aliphatic rings. The standard InChI is InChI=1S/C15H25N5O/c1-11-4-3-5-12(2)20(11)15(21)14-10-19(18-17-14)13-6-8-16-9-7-13/h10-13,16H,3-9H2,1-2H3/t11-,12+. The van der Waals surface area contributed by atoms with Crippen LogP contribution in [0.2, 0.25) is 0 Å². The summed E-state index contributed by atoms with van der Waals surface area (Å²) >= 11 is 0. The molecule has 1 aromatic heterocycles. The summed E-state index contributed by atoms with van der Waals surface area (Å²) in [6, 6.07) is 0.965. The van der Waals surface area contributed by atoms with E-state index in [1.54, 1.807) is 0 Å². The van der Waals surface area contributed by atoms with Gasteiger partial charge in [0.1, 0.15) is 0 Å². The van der Waals surface area contributed by atoms with E-state index in [0.29, 0.717) is 23.8 Å². The van der Waals surface area contributed by atoms with Gasteiger partial charge in [-0.15, -0.1) is 5.10 Å². The van der Waals surface area contributed by atoms with Crippen molar-refractivity contribution in [3.05, 3.63) is 11.9 Å². The van der Waals surface area contributed by atoms with Gasteiger partial charge in [-0.05, 0) is 59.0 Å². The molecule has 2 aliphatic heterocycles. The number of hydrogen-bond donors (Lipinski definition) is 1. The molecule has 6 heteroatoms. The minimum Gasteiger partial charge on any atom is -0.332 e. The Hall–Kier alpha value is -1.43. The maximum atomic E-state index is 12.7. The van der Waals surface area contributed by atoms with Crippen LogP contribution < -0.4 is 5.32 Å². The van der Waals surface area contributed by atoms with E-state index in [4.69, 9.17) is 0 Å². The Morgan fingerprint density at radius 1 is 1.19 bits per heavy atom. The highest BCUT2D eigenvalue weighted by Crippen LogP contribution is 2.24. The van der Waals surface area contributed by atoms with Gasteiger partial charge in [0.25, 0.3) is 5.91 Å². The Kier molecular flexibility index (Phi) is 4.24. The molecular formula is C15H25N5O. The smallest absolute Gasteiger partial charge is 0.276 e. The van der Waals surface area contributed by atoms with Gasteiger partial charge in [0.2, 0.25) is 0 Å². The number of nitrogens with zero attached hydrogens (tertiary/aromatic N) is 4. The van der Waals surface area contributed by atoms with Crippen LogP contribution in [0.4, 0.5) is 0 Å². The van der Waals surface area contributed by atoms with E-state index in [9.17, 15) is 4.79 Å². The highest BCUT2D eigenvalue weighted by atomic mass is 16.2. The zero-order valence-electron chi connectivity index (χ0n) is 13.0. The van der Waals surface area contributed by atoms with Crippen LogP contribution >= 0.6 is 0 Å². The monoisotopic (exact) mass is 291 g/mol. The number of piperidine rings is 2. The quantitative estimate of drug-likeness (QED) is 0.899. The number of rotatable bonds is 2. The lowest BCUT2D eigenvalue weighted by Gasteiger charge is -2.38. The van der Waals surface area contributed by atoms with Crippen molar-refractivity contribution in [1.29, 1.82) is 0 Å².